The van der Waals surface area contributed by atoms with Crippen molar-refractivity contribution in [3.8, 4) is 0 Å². The molecule has 0 saturated carbocycles. The van der Waals surface area contributed by atoms with Crippen molar-refractivity contribution in [2.75, 3.05) is 21.9 Å². The highest BCUT2D eigenvalue weighted by Gasteiger charge is 2.46. The van der Waals surface area contributed by atoms with Crippen LogP contribution >= 0.6 is 10.6 Å². The zero-order chi connectivity index (χ0) is 23.3. The van der Waals surface area contributed by atoms with E-state index in [-0.39, 0.29) is 35.7 Å². The average molecular weight is 488 g/mol. The van der Waals surface area contributed by atoms with Gasteiger partial charge in [0.25, 0.3) is 0 Å². The third kappa shape index (κ3) is 4.22. The molecular formula is C20H20F3N3O4S2. The number of nitrogens with zero attached hydrogens (tertiary/aromatic N) is 2. The van der Waals surface area contributed by atoms with Gasteiger partial charge in [-0.25, -0.2) is 4.98 Å². The average Bonchev–Trinajstić information content (AvgIpc) is 2.83. The third-order valence-electron chi connectivity index (χ3n) is 5.16. The van der Waals surface area contributed by atoms with E-state index >= 15 is 0 Å². The summed E-state index contributed by atoms with van der Waals surface area (Å²) in [5.74, 6) is 0.217. The topological polar surface area (TPSA) is 103 Å². The van der Waals surface area contributed by atoms with Crippen LogP contribution in [0, 0.1) is 6.92 Å². The van der Waals surface area contributed by atoms with E-state index in [4.69, 9.17) is 0 Å². The lowest BCUT2D eigenvalue weighted by Gasteiger charge is -2.32. The van der Waals surface area contributed by atoms with Gasteiger partial charge in [0.05, 0.1) is 21.9 Å². The zero-order valence-electron chi connectivity index (χ0n) is 16.8. The van der Waals surface area contributed by atoms with Gasteiger partial charge in [-0.2, -0.15) is 32.2 Å². The van der Waals surface area contributed by atoms with Gasteiger partial charge >= 0.3 is 15.5 Å². The van der Waals surface area contributed by atoms with Crippen LogP contribution in [0.3, 0.4) is 0 Å². The van der Waals surface area contributed by atoms with E-state index in [9.17, 15) is 30.7 Å². The van der Waals surface area contributed by atoms with Gasteiger partial charge in [0.1, 0.15) is 5.82 Å². The monoisotopic (exact) mass is 487 g/mol. The first-order valence-electron chi connectivity index (χ1n) is 9.47. The van der Waals surface area contributed by atoms with Crippen LogP contribution in [0.15, 0.2) is 53.4 Å². The number of nitrogens with one attached hydrogen (secondary N) is 1. The fraction of sp³-hybridized carbons (Fsp3) is 0.250. The first-order chi connectivity index (χ1) is 14.9. The Morgan fingerprint density at radius 3 is 2.56 bits per heavy atom. The second kappa shape index (κ2) is 7.80. The summed E-state index contributed by atoms with van der Waals surface area (Å²) in [5.41, 5.74) is -4.07. The molecule has 0 aliphatic carbocycles. The lowest BCUT2D eigenvalue weighted by atomic mass is 10.1. The summed E-state index contributed by atoms with van der Waals surface area (Å²) in [5, 5.41) is 0.223. The standard InChI is InChI=1S/C20H20F3N3O4S2/c1-13-6-7-16-15(10-13)17(25-32(29,30)20(21,22)23)11-19(24-16)26-8-9-31(27,28)18-5-3-2-4-14(18)12-26/h2-7,10-11,27-28H,8-9,12H2,1H3,(H,24,25). The van der Waals surface area contributed by atoms with Crippen LogP contribution in [-0.4, -0.2) is 40.3 Å². The van der Waals surface area contributed by atoms with Gasteiger partial charge in [0.2, 0.25) is 0 Å². The molecule has 0 fully saturated rings. The van der Waals surface area contributed by atoms with Gasteiger partial charge < -0.3 is 4.90 Å². The van der Waals surface area contributed by atoms with Crippen molar-refractivity contribution in [2.24, 2.45) is 0 Å². The minimum absolute atomic E-state index is 0.00123. The van der Waals surface area contributed by atoms with E-state index in [1.54, 1.807) is 59.0 Å². The minimum atomic E-state index is -5.65. The maximum Gasteiger partial charge on any atom is 0.516 e. The van der Waals surface area contributed by atoms with Crippen molar-refractivity contribution in [1.82, 2.24) is 4.98 Å². The Kier molecular flexibility index (Phi) is 5.52. The summed E-state index contributed by atoms with van der Waals surface area (Å²) in [6.07, 6.45) is 0. The Labute approximate surface area is 184 Å². The second-order valence-electron chi connectivity index (χ2n) is 7.50. The Bertz CT molecular complexity index is 1300. The largest absolute Gasteiger partial charge is 0.516 e. The van der Waals surface area contributed by atoms with Crippen molar-refractivity contribution in [3.63, 3.8) is 0 Å². The molecule has 0 atom stereocenters. The molecule has 32 heavy (non-hydrogen) atoms. The molecule has 0 spiro atoms. The van der Waals surface area contributed by atoms with Crippen LogP contribution < -0.4 is 9.62 Å². The van der Waals surface area contributed by atoms with Crippen LogP contribution in [0.4, 0.5) is 24.7 Å². The molecule has 0 bridgehead atoms. The van der Waals surface area contributed by atoms with Crippen molar-refractivity contribution in [2.45, 2.75) is 23.9 Å². The molecule has 0 unspecified atom stereocenters. The molecule has 3 N–H and O–H groups in total. The van der Waals surface area contributed by atoms with Gasteiger partial charge in [-0.3, -0.25) is 13.8 Å². The number of rotatable bonds is 3. The number of anilines is 2. The van der Waals surface area contributed by atoms with Gasteiger partial charge in [0.15, 0.2) is 0 Å². The highest BCUT2D eigenvalue weighted by molar-refractivity contribution is 8.24. The molecule has 0 saturated heterocycles. The summed E-state index contributed by atoms with van der Waals surface area (Å²) < 4.78 is 85.4. The van der Waals surface area contributed by atoms with Crippen molar-refractivity contribution in [3.05, 3.63) is 59.7 Å². The number of fused-ring (bicyclic) bond motifs is 2. The van der Waals surface area contributed by atoms with Crippen LogP contribution in [0.1, 0.15) is 11.1 Å². The number of pyridine rings is 1. The minimum Gasteiger partial charge on any atom is -0.351 e. The highest BCUT2D eigenvalue weighted by Crippen LogP contribution is 2.51. The number of hydrogen-bond donors (Lipinski definition) is 3. The number of halogens is 3. The van der Waals surface area contributed by atoms with E-state index in [1.807, 2.05) is 0 Å². The van der Waals surface area contributed by atoms with Crippen molar-refractivity contribution < 1.29 is 30.7 Å². The van der Waals surface area contributed by atoms with Gasteiger partial charge in [0, 0.05) is 24.5 Å². The molecule has 7 nitrogen and oxygen atoms in total. The van der Waals surface area contributed by atoms with Crippen LogP contribution in [0.25, 0.3) is 10.9 Å². The summed E-state index contributed by atoms with van der Waals surface area (Å²) in [6, 6.07) is 12.9. The maximum absolute atomic E-state index is 13.0. The first-order valence-corrected chi connectivity index (χ1v) is 12.7. The highest BCUT2D eigenvalue weighted by atomic mass is 32.3. The number of aryl methyl sites for hydroxylation is 1. The number of hydrogen-bond acceptors (Lipinski definition) is 6. The second-order valence-corrected chi connectivity index (χ2v) is 11.4. The molecule has 0 amide bonds. The van der Waals surface area contributed by atoms with Crippen LogP contribution in [-0.2, 0) is 16.6 Å². The molecule has 1 aliphatic rings. The molecule has 172 valence electrons. The zero-order valence-corrected chi connectivity index (χ0v) is 18.4. The molecule has 3 aromatic rings. The molecule has 1 aliphatic heterocycles. The van der Waals surface area contributed by atoms with E-state index in [0.717, 1.165) is 5.56 Å². The first kappa shape index (κ1) is 22.6. The smallest absolute Gasteiger partial charge is 0.351 e. The summed E-state index contributed by atoms with van der Waals surface area (Å²) >= 11 is 0. The van der Waals surface area contributed by atoms with E-state index in [0.29, 0.717) is 16.0 Å². The number of benzene rings is 2. The van der Waals surface area contributed by atoms with E-state index < -0.39 is 26.1 Å². The molecule has 12 heteroatoms. The summed E-state index contributed by atoms with van der Waals surface area (Å²) in [7, 11) is -8.70. The Morgan fingerprint density at radius 2 is 1.84 bits per heavy atom. The van der Waals surface area contributed by atoms with Gasteiger partial charge in [-0.1, -0.05) is 29.8 Å². The SMILES string of the molecule is Cc1ccc2nc(N3CCS(O)(O)c4ccccc4C3)cc(NS(=O)(=O)C(F)(F)F)c2c1. The van der Waals surface area contributed by atoms with Crippen LogP contribution in [0.5, 0.6) is 0 Å². The van der Waals surface area contributed by atoms with Crippen molar-refractivity contribution >= 4 is 43.0 Å². The Balaban J connectivity index is 1.83. The molecule has 2 heterocycles. The summed E-state index contributed by atoms with van der Waals surface area (Å²) in [6.45, 7) is 2.11. The molecule has 1 aromatic heterocycles. The van der Waals surface area contributed by atoms with E-state index in [2.05, 4.69) is 4.98 Å². The normalized spacial score (nSPS) is 17.5. The number of alkyl halides is 3. The lowest BCUT2D eigenvalue weighted by molar-refractivity contribution is -0.0429. The fourth-order valence-electron chi connectivity index (χ4n) is 3.56. The lowest BCUT2D eigenvalue weighted by Crippen LogP contribution is -2.30. The predicted molar refractivity (Wildman–Crippen MR) is 119 cm³/mol. The van der Waals surface area contributed by atoms with E-state index in [1.165, 1.54) is 6.07 Å². The number of sulfonamides is 1. The molecule has 2 aromatic carbocycles. The number of aromatic nitrogens is 1. The van der Waals surface area contributed by atoms with Crippen LogP contribution in [0.2, 0.25) is 0 Å². The third-order valence-corrected chi connectivity index (χ3v) is 8.11. The summed E-state index contributed by atoms with van der Waals surface area (Å²) in [4.78, 5) is 6.61. The van der Waals surface area contributed by atoms with Gasteiger partial charge in [-0.05, 0) is 30.7 Å². The van der Waals surface area contributed by atoms with Gasteiger partial charge in [-0.15, -0.1) is 0 Å². The van der Waals surface area contributed by atoms with Crippen molar-refractivity contribution in [1.29, 1.82) is 0 Å². The molecule has 0 radical (unpaired) electrons. The maximum atomic E-state index is 13.0. The Hall–Kier alpha value is -2.54. The molecule has 4 rings (SSSR count). The quantitative estimate of drug-likeness (QED) is 0.484. The predicted octanol–water partition coefficient (Wildman–Crippen LogP) is 4.93. The Morgan fingerprint density at radius 1 is 1.12 bits per heavy atom. The fourth-order valence-corrected chi connectivity index (χ4v) is 5.67. The molecular weight excluding hydrogens is 467 g/mol.